The van der Waals surface area contributed by atoms with Gasteiger partial charge in [0.1, 0.15) is 6.10 Å². The number of ketones is 1. The van der Waals surface area contributed by atoms with E-state index in [-0.39, 0.29) is 41.2 Å². The van der Waals surface area contributed by atoms with Gasteiger partial charge in [-0.25, -0.2) is 4.79 Å². The van der Waals surface area contributed by atoms with Gasteiger partial charge in [0.05, 0.1) is 17.6 Å². The van der Waals surface area contributed by atoms with Crippen LogP contribution in [0.1, 0.15) is 59.8 Å². The largest absolute Gasteiger partial charge is 0.458 e. The molecule has 1 N–H and O–H groups in total. The zero-order valence-corrected chi connectivity index (χ0v) is 19.8. The van der Waals surface area contributed by atoms with Gasteiger partial charge in [-0.15, -0.1) is 0 Å². The van der Waals surface area contributed by atoms with Gasteiger partial charge in [0.2, 0.25) is 0 Å². The number of carbonyl (C=O) groups is 2. The molecule has 0 aromatic carbocycles. The molecule has 4 nitrogen and oxygen atoms in total. The number of hydrogen-bond acceptors (Lipinski definition) is 4. The molecule has 5 rings (SSSR count). The van der Waals surface area contributed by atoms with Crippen molar-refractivity contribution >= 4 is 11.8 Å². The Bertz CT molecular complexity index is 968. The van der Waals surface area contributed by atoms with E-state index >= 15 is 0 Å². The fourth-order valence-corrected chi connectivity index (χ4v) is 8.21. The quantitative estimate of drug-likeness (QED) is 0.636. The van der Waals surface area contributed by atoms with E-state index in [1.165, 1.54) is 12.0 Å². The standard InChI is InChI=1S/C28H36O4/c1-16-14-24(32-26(31)20(16)15-29)17(2)21-10-11-22-19-9-8-18-6-5-7-25(30)28(18,4)23(19)12-13-27(21,22)3/h5-9,17,19,21-24,29H,10-15H2,1-4H3/t17-,19+,21-,22+,23+,24-,27-,28+/m1/s1. The van der Waals surface area contributed by atoms with Crippen molar-refractivity contribution in [2.24, 2.45) is 40.4 Å². The third-order valence-corrected chi connectivity index (χ3v) is 10.2. The Morgan fingerprint density at radius 2 is 1.94 bits per heavy atom. The van der Waals surface area contributed by atoms with Gasteiger partial charge >= 0.3 is 5.97 Å². The molecule has 4 heteroatoms. The molecule has 4 aliphatic carbocycles. The van der Waals surface area contributed by atoms with Crippen LogP contribution in [0, 0.1) is 40.4 Å². The Kier molecular flexibility index (Phi) is 5.16. The number of allylic oxidation sites excluding steroid dienone is 6. The van der Waals surface area contributed by atoms with Gasteiger partial charge in [-0.1, -0.05) is 43.7 Å². The molecule has 0 spiro atoms. The van der Waals surface area contributed by atoms with Crippen molar-refractivity contribution in [3.63, 3.8) is 0 Å². The molecule has 0 aromatic rings. The lowest BCUT2D eigenvalue weighted by Crippen LogP contribution is -2.52. The fourth-order valence-electron chi connectivity index (χ4n) is 8.21. The molecular formula is C28H36O4. The molecule has 1 aliphatic heterocycles. The van der Waals surface area contributed by atoms with E-state index in [0.29, 0.717) is 29.2 Å². The lowest BCUT2D eigenvalue weighted by atomic mass is 9.48. The predicted molar refractivity (Wildman–Crippen MR) is 123 cm³/mol. The molecule has 172 valence electrons. The highest BCUT2D eigenvalue weighted by molar-refractivity contribution is 5.99. The van der Waals surface area contributed by atoms with Crippen LogP contribution in [0.5, 0.6) is 0 Å². The number of hydrogen-bond donors (Lipinski definition) is 1. The summed E-state index contributed by atoms with van der Waals surface area (Å²) in [6.07, 6.45) is 15.5. The second kappa shape index (κ2) is 7.55. The zero-order chi connectivity index (χ0) is 22.8. The van der Waals surface area contributed by atoms with Crippen LogP contribution in [0.3, 0.4) is 0 Å². The third-order valence-electron chi connectivity index (χ3n) is 10.2. The first-order valence-corrected chi connectivity index (χ1v) is 12.3. The number of ether oxygens (including phenoxy) is 1. The predicted octanol–water partition coefficient (Wildman–Crippen LogP) is 4.95. The molecule has 1 heterocycles. The Morgan fingerprint density at radius 1 is 1.16 bits per heavy atom. The highest BCUT2D eigenvalue weighted by atomic mass is 16.5. The fraction of sp³-hybridized carbons (Fsp3) is 0.643. The maximum Gasteiger partial charge on any atom is 0.336 e. The minimum absolute atomic E-state index is 0.116. The van der Waals surface area contributed by atoms with Crippen molar-refractivity contribution in [3.05, 3.63) is 47.1 Å². The average molecular weight is 437 g/mol. The number of rotatable bonds is 3. The molecular weight excluding hydrogens is 400 g/mol. The smallest absolute Gasteiger partial charge is 0.336 e. The first-order valence-electron chi connectivity index (χ1n) is 12.3. The minimum Gasteiger partial charge on any atom is -0.458 e. The van der Waals surface area contributed by atoms with Crippen LogP contribution < -0.4 is 0 Å². The van der Waals surface area contributed by atoms with Crippen molar-refractivity contribution in [3.8, 4) is 0 Å². The third kappa shape index (κ3) is 2.91. The van der Waals surface area contributed by atoms with E-state index in [1.54, 1.807) is 6.08 Å². The van der Waals surface area contributed by atoms with Crippen molar-refractivity contribution in [2.45, 2.75) is 65.9 Å². The Balaban J connectivity index is 1.41. The number of fused-ring (bicyclic) bond motifs is 5. The van der Waals surface area contributed by atoms with E-state index in [1.807, 2.05) is 13.0 Å². The molecule has 2 saturated carbocycles. The summed E-state index contributed by atoms with van der Waals surface area (Å²) in [5.74, 6) is 2.05. The van der Waals surface area contributed by atoms with E-state index < -0.39 is 0 Å². The monoisotopic (exact) mass is 436 g/mol. The van der Waals surface area contributed by atoms with Gasteiger partial charge in [0.15, 0.2) is 5.78 Å². The lowest BCUT2D eigenvalue weighted by Gasteiger charge is -2.55. The van der Waals surface area contributed by atoms with Crippen molar-refractivity contribution in [1.29, 1.82) is 0 Å². The Morgan fingerprint density at radius 3 is 2.66 bits per heavy atom. The van der Waals surface area contributed by atoms with E-state index in [0.717, 1.165) is 31.3 Å². The van der Waals surface area contributed by atoms with Crippen molar-refractivity contribution < 1.29 is 19.4 Å². The molecule has 5 aliphatic rings. The molecule has 2 fully saturated rings. The molecule has 0 aromatic heterocycles. The summed E-state index contributed by atoms with van der Waals surface area (Å²) in [7, 11) is 0. The molecule has 0 radical (unpaired) electrons. The summed E-state index contributed by atoms with van der Waals surface area (Å²) >= 11 is 0. The summed E-state index contributed by atoms with van der Waals surface area (Å²) < 4.78 is 5.84. The van der Waals surface area contributed by atoms with Crippen LogP contribution in [0.2, 0.25) is 0 Å². The number of aliphatic hydroxyl groups is 1. The van der Waals surface area contributed by atoms with Crippen LogP contribution in [0.25, 0.3) is 0 Å². The van der Waals surface area contributed by atoms with Crippen LogP contribution in [-0.2, 0) is 14.3 Å². The first kappa shape index (κ1) is 21.9. The van der Waals surface area contributed by atoms with Gasteiger partial charge in [-0.05, 0) is 86.2 Å². The van der Waals surface area contributed by atoms with Crippen LogP contribution in [-0.4, -0.2) is 29.6 Å². The number of esters is 1. The summed E-state index contributed by atoms with van der Waals surface area (Å²) in [6.45, 7) is 8.59. The van der Waals surface area contributed by atoms with Gasteiger partial charge < -0.3 is 9.84 Å². The van der Waals surface area contributed by atoms with E-state index in [4.69, 9.17) is 4.74 Å². The maximum atomic E-state index is 13.0. The topological polar surface area (TPSA) is 63.6 Å². The zero-order valence-electron chi connectivity index (χ0n) is 19.8. The lowest BCUT2D eigenvalue weighted by molar-refractivity contribution is -0.152. The molecule has 0 amide bonds. The molecule has 0 unspecified atom stereocenters. The van der Waals surface area contributed by atoms with E-state index in [9.17, 15) is 14.7 Å². The van der Waals surface area contributed by atoms with Crippen molar-refractivity contribution in [1.82, 2.24) is 0 Å². The second-order valence-corrected chi connectivity index (χ2v) is 11.3. The van der Waals surface area contributed by atoms with Crippen LogP contribution >= 0.6 is 0 Å². The highest BCUT2D eigenvalue weighted by Gasteiger charge is 2.60. The van der Waals surface area contributed by atoms with Crippen LogP contribution in [0.15, 0.2) is 47.1 Å². The van der Waals surface area contributed by atoms with Crippen LogP contribution in [0.4, 0.5) is 0 Å². The van der Waals surface area contributed by atoms with E-state index in [2.05, 4.69) is 39.0 Å². The summed E-state index contributed by atoms with van der Waals surface area (Å²) in [5, 5.41) is 9.50. The normalized spacial score (nSPS) is 43.9. The average Bonchev–Trinajstić information content (AvgIpc) is 3.11. The Hall–Kier alpha value is -1.94. The van der Waals surface area contributed by atoms with Gasteiger partial charge in [0.25, 0.3) is 0 Å². The second-order valence-electron chi connectivity index (χ2n) is 11.3. The summed E-state index contributed by atoms with van der Waals surface area (Å²) in [4.78, 5) is 25.5. The summed E-state index contributed by atoms with van der Waals surface area (Å²) in [5.41, 5.74) is 2.38. The highest BCUT2D eigenvalue weighted by Crippen LogP contribution is 2.66. The summed E-state index contributed by atoms with van der Waals surface area (Å²) in [6, 6.07) is 0. The van der Waals surface area contributed by atoms with Crippen molar-refractivity contribution in [2.75, 3.05) is 6.61 Å². The van der Waals surface area contributed by atoms with Gasteiger partial charge in [-0.3, -0.25) is 4.79 Å². The first-order chi connectivity index (χ1) is 15.2. The van der Waals surface area contributed by atoms with Gasteiger partial charge in [0, 0.05) is 6.42 Å². The molecule has 32 heavy (non-hydrogen) atoms. The number of aliphatic hydroxyl groups excluding tert-OH is 1. The molecule has 0 saturated heterocycles. The number of carbonyl (C=O) groups excluding carboxylic acids is 2. The molecule has 8 atom stereocenters. The van der Waals surface area contributed by atoms with Gasteiger partial charge in [-0.2, -0.15) is 0 Å². The Labute approximate surface area is 191 Å². The number of cyclic esters (lactones) is 1. The SMILES string of the molecule is CC1=C(CO)C(=O)O[C@@H]([C@H](C)[C@H]2CC[C@H]3[C@@H]4C=CC5=CC=CC(=O)[C@]5(C)[C@H]4CC[C@]23C)C1. The maximum absolute atomic E-state index is 13.0. The minimum atomic E-state index is -0.388. The molecule has 0 bridgehead atoms.